The standard InChI is InChI=1S/C34H31ClN2O8/c1-3-44-30-17-10-25(19-29(30)35)34(42)45-28-15-6-23(7-16-28)20-37(21-32(39)40)33(41)24-8-11-26(12-9-24)36-31(38)18-22-4-13-27(43-2)14-5-22/h4-17,19H,3,18,20-21H2,1-2H3,(H,36,38)(H,39,40). The first kappa shape index (κ1) is 32.6. The van der Waals surface area contributed by atoms with E-state index in [0.717, 1.165) is 5.56 Å². The molecule has 2 N–H and O–H groups in total. The molecule has 2 amide bonds. The highest BCUT2D eigenvalue weighted by Gasteiger charge is 2.20. The van der Waals surface area contributed by atoms with Crippen molar-refractivity contribution in [2.75, 3.05) is 25.6 Å². The molecule has 0 bridgehead atoms. The number of hydrogen-bond donors (Lipinski definition) is 2. The van der Waals surface area contributed by atoms with Crippen molar-refractivity contribution in [1.82, 2.24) is 4.90 Å². The van der Waals surface area contributed by atoms with Gasteiger partial charge in [-0.25, -0.2) is 4.79 Å². The lowest BCUT2D eigenvalue weighted by molar-refractivity contribution is -0.137. The maximum atomic E-state index is 13.2. The van der Waals surface area contributed by atoms with Gasteiger partial charge in [0.25, 0.3) is 5.91 Å². The molecular formula is C34H31ClN2O8. The molecule has 4 aromatic carbocycles. The Labute approximate surface area is 265 Å². The minimum absolute atomic E-state index is 0.00575. The SMILES string of the molecule is CCOc1ccc(C(=O)Oc2ccc(CN(CC(=O)O)C(=O)c3ccc(NC(=O)Cc4ccc(OC)cc4)cc3)cc2)cc1Cl. The Morgan fingerprint density at radius 3 is 2.04 bits per heavy atom. The van der Waals surface area contributed by atoms with Crippen molar-refractivity contribution in [3.63, 3.8) is 0 Å². The molecule has 0 heterocycles. The molecule has 0 aliphatic rings. The van der Waals surface area contributed by atoms with Crippen LogP contribution in [-0.2, 0) is 22.6 Å². The minimum atomic E-state index is -1.18. The van der Waals surface area contributed by atoms with E-state index in [1.807, 2.05) is 6.92 Å². The topological polar surface area (TPSA) is 131 Å². The highest BCUT2D eigenvalue weighted by atomic mass is 35.5. The minimum Gasteiger partial charge on any atom is -0.497 e. The van der Waals surface area contributed by atoms with E-state index in [9.17, 15) is 24.3 Å². The molecule has 10 nitrogen and oxygen atoms in total. The lowest BCUT2D eigenvalue weighted by Crippen LogP contribution is -2.35. The molecule has 0 aromatic heterocycles. The number of amides is 2. The largest absolute Gasteiger partial charge is 0.497 e. The summed E-state index contributed by atoms with van der Waals surface area (Å²) in [5, 5.41) is 12.5. The van der Waals surface area contributed by atoms with Gasteiger partial charge in [-0.1, -0.05) is 35.9 Å². The Kier molecular flexibility index (Phi) is 11.1. The Balaban J connectivity index is 1.36. The fourth-order valence-electron chi connectivity index (χ4n) is 4.33. The zero-order valence-electron chi connectivity index (χ0n) is 24.6. The number of esters is 1. The van der Waals surface area contributed by atoms with E-state index in [2.05, 4.69) is 5.32 Å². The second kappa shape index (κ2) is 15.4. The van der Waals surface area contributed by atoms with E-state index in [0.29, 0.717) is 29.4 Å². The van der Waals surface area contributed by atoms with Crippen LogP contribution in [0.25, 0.3) is 0 Å². The summed E-state index contributed by atoms with van der Waals surface area (Å²) in [7, 11) is 1.57. The number of ether oxygens (including phenoxy) is 3. The van der Waals surface area contributed by atoms with Gasteiger partial charge in [0.1, 0.15) is 23.8 Å². The highest BCUT2D eigenvalue weighted by Crippen LogP contribution is 2.26. The number of carbonyl (C=O) groups is 4. The van der Waals surface area contributed by atoms with Crippen molar-refractivity contribution in [2.24, 2.45) is 0 Å². The summed E-state index contributed by atoms with van der Waals surface area (Å²) in [5.41, 5.74) is 2.43. The van der Waals surface area contributed by atoms with Crippen molar-refractivity contribution in [2.45, 2.75) is 19.9 Å². The first-order valence-electron chi connectivity index (χ1n) is 13.9. The Morgan fingerprint density at radius 2 is 1.44 bits per heavy atom. The fraction of sp³-hybridized carbons (Fsp3) is 0.176. The van der Waals surface area contributed by atoms with Crippen LogP contribution in [0.4, 0.5) is 5.69 Å². The third-order valence-corrected chi connectivity index (χ3v) is 6.82. The molecule has 0 fully saturated rings. The number of anilines is 1. The van der Waals surface area contributed by atoms with E-state index in [4.69, 9.17) is 25.8 Å². The maximum absolute atomic E-state index is 13.2. The van der Waals surface area contributed by atoms with Gasteiger partial charge in [-0.3, -0.25) is 14.4 Å². The Bertz CT molecular complexity index is 1660. The summed E-state index contributed by atoms with van der Waals surface area (Å²) in [6, 6.07) is 24.3. The van der Waals surface area contributed by atoms with Gasteiger partial charge in [0.05, 0.1) is 30.7 Å². The average molecular weight is 631 g/mol. The maximum Gasteiger partial charge on any atom is 0.343 e. The number of halogens is 1. The van der Waals surface area contributed by atoms with Gasteiger partial charge in [-0.2, -0.15) is 0 Å². The van der Waals surface area contributed by atoms with Crippen LogP contribution < -0.4 is 19.5 Å². The van der Waals surface area contributed by atoms with Crippen LogP contribution in [-0.4, -0.2) is 54.0 Å². The predicted octanol–water partition coefficient (Wildman–Crippen LogP) is 5.87. The fourth-order valence-corrected chi connectivity index (χ4v) is 4.56. The smallest absolute Gasteiger partial charge is 0.343 e. The zero-order valence-corrected chi connectivity index (χ0v) is 25.4. The molecule has 45 heavy (non-hydrogen) atoms. The van der Waals surface area contributed by atoms with Gasteiger partial charge in [0.15, 0.2) is 0 Å². The number of nitrogens with zero attached hydrogens (tertiary/aromatic N) is 1. The lowest BCUT2D eigenvalue weighted by Gasteiger charge is -2.21. The summed E-state index contributed by atoms with van der Waals surface area (Å²) in [5.74, 6) is -1.11. The van der Waals surface area contributed by atoms with Gasteiger partial charge in [0, 0.05) is 17.8 Å². The van der Waals surface area contributed by atoms with E-state index in [-0.39, 0.29) is 40.8 Å². The van der Waals surface area contributed by atoms with Crippen molar-refractivity contribution < 1.29 is 38.5 Å². The van der Waals surface area contributed by atoms with Crippen LogP contribution in [0.5, 0.6) is 17.2 Å². The van der Waals surface area contributed by atoms with Crippen LogP contribution in [0.2, 0.25) is 5.02 Å². The van der Waals surface area contributed by atoms with E-state index >= 15 is 0 Å². The van der Waals surface area contributed by atoms with E-state index in [1.165, 1.54) is 23.1 Å². The molecule has 0 aliphatic heterocycles. The molecular weight excluding hydrogens is 600 g/mol. The van der Waals surface area contributed by atoms with Crippen molar-refractivity contribution in [3.8, 4) is 17.2 Å². The van der Waals surface area contributed by atoms with E-state index < -0.39 is 24.4 Å². The third-order valence-electron chi connectivity index (χ3n) is 6.53. The van der Waals surface area contributed by atoms with Crippen LogP contribution >= 0.6 is 11.6 Å². The molecule has 4 aromatic rings. The third kappa shape index (κ3) is 9.32. The lowest BCUT2D eigenvalue weighted by atomic mass is 10.1. The van der Waals surface area contributed by atoms with Gasteiger partial charge < -0.3 is 29.5 Å². The summed E-state index contributed by atoms with van der Waals surface area (Å²) >= 11 is 6.17. The van der Waals surface area contributed by atoms with Gasteiger partial charge in [0.2, 0.25) is 5.91 Å². The summed E-state index contributed by atoms with van der Waals surface area (Å²) in [4.78, 5) is 51.1. The number of nitrogens with one attached hydrogen (secondary N) is 1. The van der Waals surface area contributed by atoms with Crippen LogP contribution in [0.15, 0.2) is 91.0 Å². The molecule has 0 saturated heterocycles. The quantitative estimate of drug-likeness (QED) is 0.138. The average Bonchev–Trinajstić information content (AvgIpc) is 3.03. The number of carboxylic acid groups (broad SMARTS) is 1. The molecule has 0 aliphatic carbocycles. The number of rotatable bonds is 13. The number of carbonyl (C=O) groups excluding carboxylic acids is 3. The molecule has 4 rings (SSSR count). The molecule has 0 saturated carbocycles. The molecule has 0 spiro atoms. The normalized spacial score (nSPS) is 10.5. The number of carboxylic acids is 1. The molecule has 11 heteroatoms. The Morgan fingerprint density at radius 1 is 0.822 bits per heavy atom. The second-order valence-electron chi connectivity index (χ2n) is 9.82. The second-order valence-corrected chi connectivity index (χ2v) is 10.2. The van der Waals surface area contributed by atoms with Gasteiger partial charge in [-0.05, 0) is 84.8 Å². The monoisotopic (exact) mass is 630 g/mol. The number of aliphatic carboxylic acids is 1. The first-order chi connectivity index (χ1) is 21.6. The van der Waals surface area contributed by atoms with E-state index in [1.54, 1.807) is 79.9 Å². The van der Waals surface area contributed by atoms with Gasteiger partial charge in [-0.15, -0.1) is 0 Å². The summed E-state index contributed by atoms with van der Waals surface area (Å²) in [6.07, 6.45) is 0.158. The van der Waals surface area contributed by atoms with Crippen LogP contribution in [0.1, 0.15) is 38.8 Å². The molecule has 232 valence electrons. The predicted molar refractivity (Wildman–Crippen MR) is 168 cm³/mol. The summed E-state index contributed by atoms with van der Waals surface area (Å²) < 4.78 is 15.9. The number of benzene rings is 4. The van der Waals surface area contributed by atoms with Crippen molar-refractivity contribution in [3.05, 3.63) is 118 Å². The first-order valence-corrected chi connectivity index (χ1v) is 14.3. The number of hydrogen-bond acceptors (Lipinski definition) is 7. The highest BCUT2D eigenvalue weighted by molar-refractivity contribution is 6.32. The van der Waals surface area contributed by atoms with Crippen LogP contribution in [0, 0.1) is 0 Å². The van der Waals surface area contributed by atoms with Gasteiger partial charge >= 0.3 is 11.9 Å². The summed E-state index contributed by atoms with van der Waals surface area (Å²) in [6.45, 7) is 1.72. The molecule has 0 radical (unpaired) electrons. The zero-order chi connectivity index (χ0) is 32.3. The van der Waals surface area contributed by atoms with Crippen molar-refractivity contribution >= 4 is 41.0 Å². The van der Waals surface area contributed by atoms with Crippen LogP contribution in [0.3, 0.4) is 0 Å². The Hall–Kier alpha value is -5.35. The number of methoxy groups -OCH3 is 1. The molecule has 0 atom stereocenters. The molecule has 0 unspecified atom stereocenters. The van der Waals surface area contributed by atoms with Crippen molar-refractivity contribution in [1.29, 1.82) is 0 Å².